The van der Waals surface area contributed by atoms with E-state index in [1.165, 1.54) is 0 Å². The van der Waals surface area contributed by atoms with Crippen molar-refractivity contribution in [1.29, 1.82) is 0 Å². The lowest BCUT2D eigenvalue weighted by Gasteiger charge is -2.07. The van der Waals surface area contributed by atoms with Crippen LogP contribution in [-0.4, -0.2) is 48.0 Å². The number of ether oxygens (including phenoxy) is 2. The topological polar surface area (TPSA) is 78.3 Å². The monoisotopic (exact) mass is 366 g/mol. The summed E-state index contributed by atoms with van der Waals surface area (Å²) in [5.41, 5.74) is 1.63. The number of nitrogens with zero attached hydrogens (tertiary/aromatic N) is 3. The van der Waals surface area contributed by atoms with Gasteiger partial charge in [-0.05, 0) is 30.7 Å². The molecule has 0 atom stereocenters. The molecule has 0 aliphatic carbocycles. The first kappa shape index (κ1) is 18.6. The van der Waals surface area contributed by atoms with Gasteiger partial charge in [0.05, 0.1) is 12.8 Å². The summed E-state index contributed by atoms with van der Waals surface area (Å²) in [6.07, 6.45) is 0.727. The van der Waals surface area contributed by atoms with E-state index in [0.29, 0.717) is 24.7 Å². The predicted octanol–water partition coefficient (Wildman–Crippen LogP) is 2.71. The molecule has 27 heavy (non-hydrogen) atoms. The Labute approximate surface area is 158 Å². The lowest BCUT2D eigenvalue weighted by atomic mass is 10.2. The number of rotatable bonds is 8. The van der Waals surface area contributed by atoms with Gasteiger partial charge in [0.25, 0.3) is 5.91 Å². The van der Waals surface area contributed by atoms with Crippen molar-refractivity contribution in [3.05, 3.63) is 60.4 Å². The van der Waals surface area contributed by atoms with E-state index in [1.807, 2.05) is 54.6 Å². The molecule has 3 aromatic rings. The molecule has 140 valence electrons. The van der Waals surface area contributed by atoms with Gasteiger partial charge < -0.3 is 14.8 Å². The van der Waals surface area contributed by atoms with E-state index in [-0.39, 0.29) is 11.7 Å². The Balaban J connectivity index is 1.95. The maximum absolute atomic E-state index is 12.4. The number of amides is 1. The Morgan fingerprint density at radius 2 is 1.93 bits per heavy atom. The van der Waals surface area contributed by atoms with Crippen LogP contribution in [0.4, 0.5) is 0 Å². The molecule has 0 spiro atoms. The van der Waals surface area contributed by atoms with Gasteiger partial charge in [-0.2, -0.15) is 0 Å². The number of para-hydroxylation sites is 1. The number of nitrogens with one attached hydrogen (secondary N) is 1. The van der Waals surface area contributed by atoms with Crippen molar-refractivity contribution in [1.82, 2.24) is 20.1 Å². The Bertz CT molecular complexity index is 893. The molecule has 0 aliphatic rings. The fraction of sp³-hybridized carbons (Fsp3) is 0.250. The van der Waals surface area contributed by atoms with Gasteiger partial charge in [0.15, 0.2) is 5.82 Å². The zero-order valence-corrected chi connectivity index (χ0v) is 15.4. The molecule has 1 N–H and O–H groups in total. The number of hydrogen-bond donors (Lipinski definition) is 1. The van der Waals surface area contributed by atoms with Crippen LogP contribution in [0.2, 0.25) is 0 Å². The van der Waals surface area contributed by atoms with Crippen molar-refractivity contribution in [2.24, 2.45) is 0 Å². The number of benzene rings is 2. The average molecular weight is 366 g/mol. The molecule has 0 radical (unpaired) electrons. The fourth-order valence-corrected chi connectivity index (χ4v) is 2.60. The number of methoxy groups -OCH3 is 2. The van der Waals surface area contributed by atoms with Crippen molar-refractivity contribution in [3.8, 4) is 22.8 Å². The van der Waals surface area contributed by atoms with Crippen molar-refractivity contribution in [2.75, 3.05) is 27.4 Å². The summed E-state index contributed by atoms with van der Waals surface area (Å²) in [4.78, 5) is 16.9. The van der Waals surface area contributed by atoms with Crippen molar-refractivity contribution >= 4 is 5.91 Å². The number of hydrogen-bond acceptors (Lipinski definition) is 5. The number of aromatic nitrogens is 3. The predicted molar refractivity (Wildman–Crippen MR) is 102 cm³/mol. The highest BCUT2D eigenvalue weighted by Crippen LogP contribution is 2.24. The van der Waals surface area contributed by atoms with Crippen LogP contribution in [-0.2, 0) is 4.74 Å². The van der Waals surface area contributed by atoms with E-state index in [0.717, 1.165) is 17.7 Å². The Morgan fingerprint density at radius 1 is 1.11 bits per heavy atom. The van der Waals surface area contributed by atoms with E-state index >= 15 is 0 Å². The lowest BCUT2D eigenvalue weighted by Crippen LogP contribution is -2.26. The third-order valence-electron chi connectivity index (χ3n) is 3.95. The highest BCUT2D eigenvalue weighted by molar-refractivity contribution is 5.91. The summed E-state index contributed by atoms with van der Waals surface area (Å²) in [6.45, 7) is 1.09. The SMILES string of the molecule is COCCCNC(=O)c1nc(-c2cccc(OC)c2)n(-c2ccccc2)n1. The molecular formula is C20H22N4O3. The molecule has 0 unspecified atom stereocenters. The Hall–Kier alpha value is -3.19. The van der Waals surface area contributed by atoms with E-state index < -0.39 is 0 Å². The van der Waals surface area contributed by atoms with E-state index in [1.54, 1.807) is 18.9 Å². The molecular weight excluding hydrogens is 344 g/mol. The molecule has 7 nitrogen and oxygen atoms in total. The van der Waals surface area contributed by atoms with Crippen LogP contribution in [0.25, 0.3) is 17.1 Å². The first-order valence-electron chi connectivity index (χ1n) is 8.67. The number of carbonyl (C=O) groups excluding carboxylic acids is 1. The summed E-state index contributed by atoms with van der Waals surface area (Å²) < 4.78 is 12.0. The number of carbonyl (C=O) groups is 1. The zero-order chi connectivity index (χ0) is 19.1. The maximum atomic E-state index is 12.4. The van der Waals surface area contributed by atoms with Gasteiger partial charge in [-0.3, -0.25) is 4.79 Å². The van der Waals surface area contributed by atoms with Gasteiger partial charge >= 0.3 is 0 Å². The van der Waals surface area contributed by atoms with Gasteiger partial charge in [0, 0.05) is 25.8 Å². The summed E-state index contributed by atoms with van der Waals surface area (Å²) in [7, 11) is 3.24. The van der Waals surface area contributed by atoms with Crippen LogP contribution in [0.1, 0.15) is 17.0 Å². The molecule has 1 aromatic heterocycles. The van der Waals surface area contributed by atoms with E-state index in [2.05, 4.69) is 15.4 Å². The molecule has 0 fully saturated rings. The van der Waals surface area contributed by atoms with E-state index in [9.17, 15) is 4.79 Å². The molecule has 0 saturated heterocycles. The normalized spacial score (nSPS) is 10.6. The van der Waals surface area contributed by atoms with Crippen molar-refractivity contribution in [3.63, 3.8) is 0 Å². The summed E-state index contributed by atoms with van der Waals surface area (Å²) >= 11 is 0. The van der Waals surface area contributed by atoms with Gasteiger partial charge in [-0.15, -0.1) is 5.10 Å². The van der Waals surface area contributed by atoms with Crippen LogP contribution >= 0.6 is 0 Å². The molecule has 1 amide bonds. The molecule has 0 saturated carbocycles. The van der Waals surface area contributed by atoms with Gasteiger partial charge in [-0.1, -0.05) is 30.3 Å². The van der Waals surface area contributed by atoms with Gasteiger partial charge in [-0.25, -0.2) is 9.67 Å². The van der Waals surface area contributed by atoms with Crippen molar-refractivity contribution in [2.45, 2.75) is 6.42 Å². The van der Waals surface area contributed by atoms with Crippen LogP contribution in [0.15, 0.2) is 54.6 Å². The first-order valence-corrected chi connectivity index (χ1v) is 8.67. The van der Waals surface area contributed by atoms with Crippen LogP contribution in [0.3, 0.4) is 0 Å². The minimum atomic E-state index is -0.315. The third-order valence-corrected chi connectivity index (χ3v) is 3.95. The Morgan fingerprint density at radius 3 is 2.67 bits per heavy atom. The Kier molecular flexibility index (Phi) is 6.17. The minimum absolute atomic E-state index is 0.120. The summed E-state index contributed by atoms with van der Waals surface area (Å²) in [5, 5.41) is 7.25. The minimum Gasteiger partial charge on any atom is -0.497 e. The van der Waals surface area contributed by atoms with Crippen LogP contribution < -0.4 is 10.1 Å². The second kappa shape index (κ2) is 8.95. The molecule has 7 heteroatoms. The summed E-state index contributed by atoms with van der Waals surface area (Å²) in [5.74, 6) is 1.09. The molecule has 0 bridgehead atoms. The van der Waals surface area contributed by atoms with Crippen LogP contribution in [0, 0.1) is 0 Å². The third kappa shape index (κ3) is 4.51. The molecule has 2 aromatic carbocycles. The first-order chi connectivity index (χ1) is 13.2. The van der Waals surface area contributed by atoms with Gasteiger partial charge in [0.2, 0.25) is 5.82 Å². The standard InChI is InChI=1S/C20H22N4O3/c1-26-13-7-12-21-20(25)18-22-19(15-8-6-11-17(14-15)27-2)24(23-18)16-9-4-3-5-10-16/h3-6,8-11,14H,7,12-13H2,1-2H3,(H,21,25). The second-order valence-corrected chi connectivity index (χ2v) is 5.84. The average Bonchev–Trinajstić information content (AvgIpc) is 3.17. The maximum Gasteiger partial charge on any atom is 0.290 e. The quantitative estimate of drug-likeness (QED) is 0.620. The second-order valence-electron chi connectivity index (χ2n) is 5.84. The zero-order valence-electron chi connectivity index (χ0n) is 15.4. The van der Waals surface area contributed by atoms with Crippen LogP contribution in [0.5, 0.6) is 5.75 Å². The summed E-state index contributed by atoms with van der Waals surface area (Å²) in [6, 6.07) is 17.1. The fourth-order valence-electron chi connectivity index (χ4n) is 2.60. The highest BCUT2D eigenvalue weighted by atomic mass is 16.5. The molecule has 0 aliphatic heterocycles. The smallest absolute Gasteiger partial charge is 0.290 e. The lowest BCUT2D eigenvalue weighted by molar-refractivity contribution is 0.0938. The van der Waals surface area contributed by atoms with Gasteiger partial charge in [0.1, 0.15) is 5.75 Å². The van der Waals surface area contributed by atoms with E-state index in [4.69, 9.17) is 9.47 Å². The van der Waals surface area contributed by atoms with Crippen molar-refractivity contribution < 1.29 is 14.3 Å². The largest absolute Gasteiger partial charge is 0.497 e. The molecule has 3 rings (SSSR count). The highest BCUT2D eigenvalue weighted by Gasteiger charge is 2.18. The molecule has 1 heterocycles.